The number of ether oxygens (including phenoxy) is 1. The lowest BCUT2D eigenvalue weighted by molar-refractivity contribution is -0.179. The molecule has 1 atom stereocenters. The molecular formula is C23H24N2O. The van der Waals surface area contributed by atoms with Crippen LogP contribution in [0.5, 0.6) is 0 Å². The van der Waals surface area contributed by atoms with E-state index in [9.17, 15) is 0 Å². The van der Waals surface area contributed by atoms with E-state index in [-0.39, 0.29) is 5.92 Å². The molecule has 1 fully saturated rings. The third-order valence-electron chi connectivity index (χ3n) is 5.37. The predicted octanol–water partition coefficient (Wildman–Crippen LogP) is 4.42. The fourth-order valence-electron chi connectivity index (χ4n) is 4.05. The molecule has 2 heterocycles. The molecule has 3 heteroatoms. The maximum absolute atomic E-state index is 6.38. The van der Waals surface area contributed by atoms with Crippen LogP contribution in [0.3, 0.4) is 0 Å². The average Bonchev–Trinajstić information content (AvgIpc) is 2.68. The van der Waals surface area contributed by atoms with Gasteiger partial charge in [0, 0.05) is 38.2 Å². The molecule has 132 valence electrons. The van der Waals surface area contributed by atoms with Crippen LogP contribution in [-0.4, -0.2) is 30.1 Å². The van der Waals surface area contributed by atoms with Crippen LogP contribution in [0.1, 0.15) is 29.0 Å². The molecule has 0 radical (unpaired) electrons. The highest BCUT2D eigenvalue weighted by Crippen LogP contribution is 2.48. The second kappa shape index (κ2) is 7.40. The molecule has 1 unspecified atom stereocenters. The monoisotopic (exact) mass is 344 g/mol. The Morgan fingerprint density at radius 2 is 1.50 bits per heavy atom. The summed E-state index contributed by atoms with van der Waals surface area (Å²) < 4.78 is 6.38. The number of hydrogen-bond donors (Lipinski definition) is 0. The summed E-state index contributed by atoms with van der Waals surface area (Å²) >= 11 is 0. The highest BCUT2D eigenvalue weighted by atomic mass is 16.5. The molecule has 4 rings (SSSR count). The summed E-state index contributed by atoms with van der Waals surface area (Å²) in [6.45, 7) is 2.05. The van der Waals surface area contributed by atoms with Gasteiger partial charge in [-0.05, 0) is 23.6 Å². The van der Waals surface area contributed by atoms with Crippen molar-refractivity contribution in [3.05, 3.63) is 102 Å². The van der Waals surface area contributed by atoms with Gasteiger partial charge in [-0.15, -0.1) is 0 Å². The van der Waals surface area contributed by atoms with Gasteiger partial charge < -0.3 is 4.74 Å². The maximum Gasteiger partial charge on any atom is 0.159 e. The van der Waals surface area contributed by atoms with Gasteiger partial charge in [0.2, 0.25) is 0 Å². The number of hydrogen-bond acceptors (Lipinski definition) is 3. The smallest absolute Gasteiger partial charge is 0.159 e. The molecule has 1 aromatic heterocycles. The Hall–Kier alpha value is -2.49. The van der Waals surface area contributed by atoms with Gasteiger partial charge in [0.15, 0.2) is 5.72 Å². The zero-order valence-electron chi connectivity index (χ0n) is 15.1. The summed E-state index contributed by atoms with van der Waals surface area (Å²) in [6.07, 6.45) is 4.96. The number of pyridine rings is 1. The average molecular weight is 344 g/mol. The molecule has 0 N–H and O–H groups in total. The van der Waals surface area contributed by atoms with Crippen LogP contribution >= 0.6 is 0 Å². The third-order valence-corrected chi connectivity index (χ3v) is 5.37. The van der Waals surface area contributed by atoms with E-state index in [1.54, 1.807) is 0 Å². The Morgan fingerprint density at radius 3 is 1.92 bits per heavy atom. The molecule has 1 aliphatic heterocycles. The Labute approximate surface area is 155 Å². The van der Waals surface area contributed by atoms with Gasteiger partial charge in [0.25, 0.3) is 0 Å². The molecule has 0 spiro atoms. The number of methoxy groups -OCH3 is 1. The summed E-state index contributed by atoms with van der Waals surface area (Å²) in [5.41, 5.74) is 3.02. The van der Waals surface area contributed by atoms with Gasteiger partial charge in [0.05, 0.1) is 5.92 Å². The molecule has 0 saturated carbocycles. The second-order valence-corrected chi connectivity index (χ2v) is 6.74. The van der Waals surface area contributed by atoms with E-state index >= 15 is 0 Å². The largest absolute Gasteiger partial charge is 0.358 e. The SMILES string of the molecule is COC(c1cccnc1)(C(c1ccccc1)c1ccccc1)N1CCC1. The van der Waals surface area contributed by atoms with Crippen molar-refractivity contribution in [3.8, 4) is 0 Å². The molecule has 1 saturated heterocycles. The molecule has 3 nitrogen and oxygen atoms in total. The molecular weight excluding hydrogens is 320 g/mol. The third kappa shape index (κ3) is 2.83. The summed E-state index contributed by atoms with van der Waals surface area (Å²) in [4.78, 5) is 6.84. The van der Waals surface area contributed by atoms with E-state index < -0.39 is 5.72 Å². The minimum atomic E-state index is -0.574. The van der Waals surface area contributed by atoms with Crippen LogP contribution in [0.15, 0.2) is 85.2 Å². The van der Waals surface area contributed by atoms with Crippen molar-refractivity contribution >= 4 is 0 Å². The number of aromatic nitrogens is 1. The van der Waals surface area contributed by atoms with Crippen LogP contribution in [0.25, 0.3) is 0 Å². The first-order chi connectivity index (χ1) is 12.9. The normalized spacial score (nSPS) is 16.8. The van der Waals surface area contributed by atoms with Crippen molar-refractivity contribution in [2.45, 2.75) is 18.1 Å². The Bertz CT molecular complexity index is 779. The van der Waals surface area contributed by atoms with Gasteiger partial charge in [-0.3, -0.25) is 9.88 Å². The molecule has 0 bridgehead atoms. The number of benzene rings is 2. The quantitative estimate of drug-likeness (QED) is 0.662. The summed E-state index contributed by atoms with van der Waals surface area (Å²) in [5, 5.41) is 0. The van der Waals surface area contributed by atoms with Gasteiger partial charge in [-0.1, -0.05) is 66.7 Å². The van der Waals surface area contributed by atoms with Crippen molar-refractivity contribution in [1.29, 1.82) is 0 Å². The van der Waals surface area contributed by atoms with Gasteiger partial charge in [-0.2, -0.15) is 0 Å². The van der Waals surface area contributed by atoms with E-state index in [1.165, 1.54) is 17.5 Å². The van der Waals surface area contributed by atoms with Crippen LogP contribution in [0.4, 0.5) is 0 Å². The zero-order chi connectivity index (χ0) is 17.8. The van der Waals surface area contributed by atoms with E-state index in [1.807, 2.05) is 25.6 Å². The Balaban J connectivity index is 1.95. The summed E-state index contributed by atoms with van der Waals surface area (Å²) in [5.74, 6) is 0.0550. The lowest BCUT2D eigenvalue weighted by Gasteiger charge is -2.52. The standard InChI is InChI=1S/C23H24N2O/c1-26-23(25-16-9-17-25,21-14-8-15-24-18-21)22(19-10-4-2-5-11-19)20-12-6-3-7-13-20/h2-8,10-15,18,22H,9,16-17H2,1H3. The molecule has 0 aliphatic carbocycles. The van der Waals surface area contributed by atoms with Crippen LogP contribution in [-0.2, 0) is 10.5 Å². The minimum absolute atomic E-state index is 0.0550. The van der Waals surface area contributed by atoms with Crippen molar-refractivity contribution in [2.24, 2.45) is 0 Å². The second-order valence-electron chi connectivity index (χ2n) is 6.74. The van der Waals surface area contributed by atoms with E-state index in [4.69, 9.17) is 4.74 Å². The zero-order valence-corrected chi connectivity index (χ0v) is 15.1. The van der Waals surface area contributed by atoms with Crippen molar-refractivity contribution in [1.82, 2.24) is 9.88 Å². The van der Waals surface area contributed by atoms with Gasteiger partial charge >= 0.3 is 0 Å². The highest BCUT2D eigenvalue weighted by molar-refractivity contribution is 5.40. The molecule has 2 aromatic carbocycles. The summed E-state index contributed by atoms with van der Waals surface area (Å²) in [7, 11) is 1.82. The molecule has 3 aromatic rings. The molecule has 26 heavy (non-hydrogen) atoms. The topological polar surface area (TPSA) is 25.4 Å². The lowest BCUT2D eigenvalue weighted by Crippen LogP contribution is -2.57. The number of nitrogens with zero attached hydrogens (tertiary/aromatic N) is 2. The van der Waals surface area contributed by atoms with E-state index in [0.29, 0.717) is 0 Å². The van der Waals surface area contributed by atoms with Crippen molar-refractivity contribution in [2.75, 3.05) is 20.2 Å². The number of rotatable bonds is 6. The number of likely N-dealkylation sites (tertiary alicyclic amines) is 1. The maximum atomic E-state index is 6.38. The fraction of sp³-hybridized carbons (Fsp3) is 0.261. The first kappa shape index (κ1) is 17.0. The first-order valence-corrected chi connectivity index (χ1v) is 9.17. The van der Waals surface area contributed by atoms with Crippen LogP contribution < -0.4 is 0 Å². The summed E-state index contributed by atoms with van der Waals surface area (Å²) in [6, 6.07) is 25.4. The van der Waals surface area contributed by atoms with E-state index in [2.05, 4.69) is 76.6 Å². The predicted molar refractivity (Wildman–Crippen MR) is 104 cm³/mol. The van der Waals surface area contributed by atoms with Crippen LogP contribution in [0, 0.1) is 0 Å². The van der Waals surface area contributed by atoms with Crippen LogP contribution in [0.2, 0.25) is 0 Å². The molecule has 1 aliphatic rings. The van der Waals surface area contributed by atoms with E-state index in [0.717, 1.165) is 18.7 Å². The minimum Gasteiger partial charge on any atom is -0.358 e. The van der Waals surface area contributed by atoms with Crippen molar-refractivity contribution < 1.29 is 4.74 Å². The van der Waals surface area contributed by atoms with Gasteiger partial charge in [0.1, 0.15) is 0 Å². The Morgan fingerprint density at radius 1 is 0.885 bits per heavy atom. The lowest BCUT2D eigenvalue weighted by atomic mass is 9.77. The Kier molecular flexibility index (Phi) is 4.83. The fourth-order valence-corrected chi connectivity index (χ4v) is 4.05. The van der Waals surface area contributed by atoms with Crippen molar-refractivity contribution in [3.63, 3.8) is 0 Å². The molecule has 0 amide bonds. The first-order valence-electron chi connectivity index (χ1n) is 9.17. The highest BCUT2D eigenvalue weighted by Gasteiger charge is 2.49. The van der Waals surface area contributed by atoms with Gasteiger partial charge in [-0.25, -0.2) is 0 Å².